The van der Waals surface area contributed by atoms with E-state index < -0.39 is 46.3 Å². The highest BCUT2D eigenvalue weighted by atomic mass is 16.4. The number of aliphatic carboxylic acids is 1. The van der Waals surface area contributed by atoms with Crippen LogP contribution in [0.25, 0.3) is 0 Å². The average Bonchev–Trinajstić information content (AvgIpc) is 2.70. The highest BCUT2D eigenvalue weighted by molar-refractivity contribution is 6.40. The summed E-state index contributed by atoms with van der Waals surface area (Å²) in [4.78, 5) is 62.0. The number of hydrogen-bond donors (Lipinski definition) is 3. The first-order valence-corrected chi connectivity index (χ1v) is 10.7. The van der Waals surface area contributed by atoms with E-state index in [0.29, 0.717) is 6.42 Å². The third kappa shape index (κ3) is 7.59. The quantitative estimate of drug-likeness (QED) is 0.423. The van der Waals surface area contributed by atoms with Gasteiger partial charge in [0.15, 0.2) is 5.78 Å². The number of nitrogens with one attached hydrogen (secondary N) is 2. The Morgan fingerprint density at radius 2 is 1.56 bits per heavy atom. The van der Waals surface area contributed by atoms with Crippen LogP contribution in [-0.4, -0.2) is 46.0 Å². The molecule has 1 aromatic rings. The predicted octanol–water partition coefficient (Wildman–Crippen LogP) is 2.29. The van der Waals surface area contributed by atoms with Crippen molar-refractivity contribution in [2.75, 3.05) is 0 Å². The summed E-state index contributed by atoms with van der Waals surface area (Å²) in [6, 6.07) is 7.97. The number of carboxylic acids is 1. The first kappa shape index (κ1) is 27.0. The van der Waals surface area contributed by atoms with Gasteiger partial charge in [0.2, 0.25) is 11.7 Å². The minimum atomic E-state index is -1.49. The fourth-order valence-corrected chi connectivity index (χ4v) is 3.12. The Bertz CT molecular complexity index is 861. The molecule has 0 heterocycles. The molecule has 3 N–H and O–H groups in total. The van der Waals surface area contributed by atoms with Gasteiger partial charge in [0, 0.05) is 6.42 Å². The molecule has 1 rings (SSSR count). The van der Waals surface area contributed by atoms with Gasteiger partial charge in [0.05, 0.1) is 17.9 Å². The predicted molar refractivity (Wildman–Crippen MR) is 120 cm³/mol. The van der Waals surface area contributed by atoms with Crippen molar-refractivity contribution in [1.29, 1.82) is 0 Å². The van der Waals surface area contributed by atoms with Crippen molar-refractivity contribution in [1.82, 2.24) is 10.6 Å². The van der Waals surface area contributed by atoms with Gasteiger partial charge in [-0.3, -0.25) is 24.0 Å². The zero-order valence-electron chi connectivity index (χ0n) is 19.7. The second-order valence-electron chi connectivity index (χ2n) is 9.33. The molecule has 2 amide bonds. The summed E-state index contributed by atoms with van der Waals surface area (Å²) in [5.74, 6) is -4.20. The van der Waals surface area contributed by atoms with E-state index in [1.807, 2.05) is 13.0 Å². The van der Waals surface area contributed by atoms with Gasteiger partial charge in [0.1, 0.15) is 5.54 Å². The van der Waals surface area contributed by atoms with Crippen LogP contribution >= 0.6 is 0 Å². The van der Waals surface area contributed by atoms with Gasteiger partial charge in [-0.05, 0) is 39.2 Å². The van der Waals surface area contributed by atoms with E-state index >= 15 is 0 Å². The summed E-state index contributed by atoms with van der Waals surface area (Å²) >= 11 is 0. The summed E-state index contributed by atoms with van der Waals surface area (Å²) in [5, 5.41) is 14.3. The van der Waals surface area contributed by atoms with Crippen LogP contribution in [0.5, 0.6) is 0 Å². The smallest absolute Gasteiger partial charge is 0.309 e. The van der Waals surface area contributed by atoms with Crippen molar-refractivity contribution >= 4 is 29.4 Å². The number of Topliss-reactive ketones (excluding diaryl/α,β-unsaturated/α-hetero) is 2. The van der Waals surface area contributed by atoms with Crippen LogP contribution in [0.1, 0.15) is 59.9 Å². The molecule has 176 valence electrons. The van der Waals surface area contributed by atoms with Gasteiger partial charge >= 0.3 is 5.97 Å². The van der Waals surface area contributed by atoms with Gasteiger partial charge in [-0.15, -0.1) is 0 Å². The van der Waals surface area contributed by atoms with Gasteiger partial charge in [-0.25, -0.2) is 0 Å². The van der Waals surface area contributed by atoms with E-state index in [0.717, 1.165) is 5.56 Å². The number of benzene rings is 1. The van der Waals surface area contributed by atoms with Gasteiger partial charge in [-0.2, -0.15) is 0 Å². The van der Waals surface area contributed by atoms with E-state index in [-0.39, 0.29) is 18.8 Å². The van der Waals surface area contributed by atoms with Crippen LogP contribution in [0.3, 0.4) is 0 Å². The molecule has 0 aliphatic rings. The fourth-order valence-electron chi connectivity index (χ4n) is 3.12. The number of amides is 2. The Labute approximate surface area is 189 Å². The Morgan fingerprint density at radius 3 is 2.06 bits per heavy atom. The molecule has 2 atom stereocenters. The topological polar surface area (TPSA) is 130 Å². The van der Waals surface area contributed by atoms with Crippen molar-refractivity contribution in [2.24, 2.45) is 11.3 Å². The summed E-state index contributed by atoms with van der Waals surface area (Å²) in [7, 11) is 0. The molecule has 0 aliphatic carbocycles. The second kappa shape index (κ2) is 11.0. The summed E-state index contributed by atoms with van der Waals surface area (Å²) < 4.78 is 0. The zero-order chi connectivity index (χ0) is 24.7. The minimum Gasteiger partial charge on any atom is -0.481 e. The molecular weight excluding hydrogens is 412 g/mol. The van der Waals surface area contributed by atoms with E-state index in [9.17, 15) is 29.1 Å². The molecule has 8 nitrogen and oxygen atoms in total. The molecule has 32 heavy (non-hydrogen) atoms. The largest absolute Gasteiger partial charge is 0.481 e. The van der Waals surface area contributed by atoms with Crippen LogP contribution in [0.2, 0.25) is 0 Å². The van der Waals surface area contributed by atoms with Crippen LogP contribution in [0.4, 0.5) is 0 Å². The Hall–Kier alpha value is -3.03. The molecule has 0 saturated carbocycles. The van der Waals surface area contributed by atoms with E-state index in [4.69, 9.17) is 0 Å². The number of carboxylic acid groups (broad SMARTS) is 1. The van der Waals surface area contributed by atoms with E-state index in [1.165, 1.54) is 27.7 Å². The molecule has 0 fully saturated rings. The molecule has 8 heteroatoms. The molecule has 0 bridgehead atoms. The van der Waals surface area contributed by atoms with Crippen molar-refractivity contribution in [3.8, 4) is 0 Å². The molecule has 0 aliphatic heterocycles. The highest BCUT2D eigenvalue weighted by Crippen LogP contribution is 2.24. The number of carbonyl (C=O) groups excluding carboxylic acids is 4. The monoisotopic (exact) mass is 446 g/mol. The molecular formula is C24H34N2O6. The lowest BCUT2D eigenvalue weighted by atomic mass is 9.82. The normalized spacial score (nSPS) is 13.6. The van der Waals surface area contributed by atoms with Crippen molar-refractivity contribution in [3.63, 3.8) is 0 Å². The zero-order valence-corrected chi connectivity index (χ0v) is 19.7. The van der Waals surface area contributed by atoms with Crippen LogP contribution in [0.15, 0.2) is 30.3 Å². The van der Waals surface area contributed by atoms with Gasteiger partial charge < -0.3 is 15.7 Å². The maximum atomic E-state index is 12.8. The molecule has 0 spiro atoms. The lowest BCUT2D eigenvalue weighted by Crippen LogP contribution is -2.58. The van der Waals surface area contributed by atoms with Gasteiger partial charge in [0.25, 0.3) is 5.91 Å². The standard InChI is InChI=1S/C24H34N2O6/c1-7-15(2)19(17(27)14-23(3,4)22(31)32)25-21(30)20(29)24(5,6)26-18(28)13-16-11-9-8-10-12-16/h8-12,15,19H,7,13-14H2,1-6H3,(H,25,30)(H,26,28)(H,31,32). The fraction of sp³-hybridized carbons (Fsp3) is 0.542. The van der Waals surface area contributed by atoms with Crippen molar-refractivity contribution < 1.29 is 29.1 Å². The number of hydrogen-bond acceptors (Lipinski definition) is 5. The van der Waals surface area contributed by atoms with Crippen LogP contribution in [-0.2, 0) is 30.4 Å². The molecule has 0 saturated heterocycles. The lowest BCUT2D eigenvalue weighted by Gasteiger charge is -2.29. The van der Waals surface area contributed by atoms with E-state index in [2.05, 4.69) is 10.6 Å². The molecule has 1 aromatic carbocycles. The number of ketones is 2. The van der Waals surface area contributed by atoms with E-state index in [1.54, 1.807) is 31.2 Å². The first-order valence-electron chi connectivity index (χ1n) is 10.7. The van der Waals surface area contributed by atoms with Crippen LogP contribution < -0.4 is 10.6 Å². The summed E-state index contributed by atoms with van der Waals surface area (Å²) in [6.45, 7) is 9.28. The third-order valence-corrected chi connectivity index (χ3v) is 5.47. The second-order valence-corrected chi connectivity index (χ2v) is 9.33. The van der Waals surface area contributed by atoms with Gasteiger partial charge in [-0.1, -0.05) is 50.6 Å². The Morgan fingerprint density at radius 1 is 1.00 bits per heavy atom. The average molecular weight is 447 g/mol. The third-order valence-electron chi connectivity index (χ3n) is 5.47. The lowest BCUT2D eigenvalue weighted by molar-refractivity contribution is -0.150. The maximum absolute atomic E-state index is 12.8. The highest BCUT2D eigenvalue weighted by Gasteiger charge is 2.39. The van der Waals surface area contributed by atoms with Crippen LogP contribution in [0, 0.1) is 11.3 Å². The first-order chi connectivity index (χ1) is 14.7. The summed E-state index contributed by atoms with van der Waals surface area (Å²) in [5.41, 5.74) is -2.03. The summed E-state index contributed by atoms with van der Waals surface area (Å²) in [6.07, 6.45) is 0.302. The minimum absolute atomic E-state index is 0.0530. The molecule has 0 aromatic heterocycles. The number of carbonyl (C=O) groups is 5. The Balaban J connectivity index is 2.89. The van der Waals surface area contributed by atoms with Crippen molar-refractivity contribution in [3.05, 3.63) is 35.9 Å². The SMILES string of the molecule is CCC(C)C(NC(=O)C(=O)C(C)(C)NC(=O)Cc1ccccc1)C(=O)CC(C)(C)C(=O)O. The molecule has 2 unspecified atom stereocenters. The maximum Gasteiger partial charge on any atom is 0.309 e. The Kier molecular flexibility index (Phi) is 9.30. The number of rotatable bonds is 12. The molecule has 0 radical (unpaired) electrons. The van der Waals surface area contributed by atoms with Crippen molar-refractivity contribution in [2.45, 2.75) is 72.4 Å².